The van der Waals surface area contributed by atoms with Crippen LogP contribution in [-0.4, -0.2) is 30.3 Å². The second-order valence-electron chi connectivity index (χ2n) is 5.61. The summed E-state index contributed by atoms with van der Waals surface area (Å²) in [6.45, 7) is 1.84. The van der Waals surface area contributed by atoms with Gasteiger partial charge in [0.25, 0.3) is 0 Å². The normalized spacial score (nSPS) is 10.6. The summed E-state index contributed by atoms with van der Waals surface area (Å²) in [6, 6.07) is 8.72. The molecule has 0 aliphatic heterocycles. The highest BCUT2D eigenvalue weighted by atomic mass is 35.5. The van der Waals surface area contributed by atoms with E-state index in [9.17, 15) is 9.90 Å². The zero-order valence-electron chi connectivity index (χ0n) is 14.5. The first-order chi connectivity index (χ1) is 12.5. The summed E-state index contributed by atoms with van der Waals surface area (Å²) in [7, 11) is 3.10. The second-order valence-corrected chi connectivity index (χ2v) is 6.02. The summed E-state index contributed by atoms with van der Waals surface area (Å²) in [5, 5.41) is 14.0. The lowest BCUT2D eigenvalue weighted by atomic mass is 10.1. The molecule has 2 N–H and O–H groups in total. The monoisotopic (exact) mass is 372 g/mol. The third kappa shape index (κ3) is 3.11. The Kier molecular flexibility index (Phi) is 4.86. The summed E-state index contributed by atoms with van der Waals surface area (Å²) in [4.78, 5) is 16.0. The summed E-state index contributed by atoms with van der Waals surface area (Å²) >= 11 is 6.17. The molecule has 1 aromatic heterocycles. The lowest BCUT2D eigenvalue weighted by Gasteiger charge is -2.16. The molecule has 0 bridgehead atoms. The minimum absolute atomic E-state index is 0.0529. The van der Waals surface area contributed by atoms with Crippen LogP contribution in [-0.2, 0) is 0 Å². The largest absolute Gasteiger partial charge is 0.497 e. The second kappa shape index (κ2) is 7.09. The van der Waals surface area contributed by atoms with Gasteiger partial charge < -0.3 is 19.9 Å². The minimum Gasteiger partial charge on any atom is -0.497 e. The molecule has 134 valence electrons. The molecule has 0 amide bonds. The number of hydrogen-bond donors (Lipinski definition) is 2. The first kappa shape index (κ1) is 17.8. The van der Waals surface area contributed by atoms with Gasteiger partial charge in [0.05, 0.1) is 31.1 Å². The van der Waals surface area contributed by atoms with Gasteiger partial charge in [-0.05, 0) is 36.8 Å². The number of aromatic carboxylic acids is 1. The molecule has 0 aliphatic rings. The maximum Gasteiger partial charge on any atom is 0.339 e. The van der Waals surface area contributed by atoms with Crippen molar-refractivity contribution in [2.45, 2.75) is 6.92 Å². The Balaban J connectivity index is 2.22. The van der Waals surface area contributed by atoms with E-state index in [4.69, 9.17) is 21.1 Å². The van der Waals surface area contributed by atoms with E-state index in [-0.39, 0.29) is 5.56 Å². The molecule has 1 heterocycles. The van der Waals surface area contributed by atoms with Crippen molar-refractivity contribution in [3.63, 3.8) is 0 Å². The number of halogens is 1. The Morgan fingerprint density at radius 1 is 1.19 bits per heavy atom. The molecular formula is C19H17ClN2O4. The highest BCUT2D eigenvalue weighted by molar-refractivity contribution is 6.32. The van der Waals surface area contributed by atoms with Crippen LogP contribution in [0.15, 0.2) is 36.5 Å². The van der Waals surface area contributed by atoms with Gasteiger partial charge in [-0.25, -0.2) is 4.79 Å². The topological polar surface area (TPSA) is 80.7 Å². The smallest absolute Gasteiger partial charge is 0.339 e. The quantitative estimate of drug-likeness (QED) is 0.678. The number of anilines is 2. The molecule has 0 spiro atoms. The van der Waals surface area contributed by atoms with E-state index in [1.807, 2.05) is 6.92 Å². The first-order valence-electron chi connectivity index (χ1n) is 7.76. The number of rotatable bonds is 5. The zero-order valence-corrected chi connectivity index (χ0v) is 15.2. The summed E-state index contributed by atoms with van der Waals surface area (Å²) in [6.07, 6.45) is 1.33. The molecular weight excluding hydrogens is 356 g/mol. The Hall–Kier alpha value is -2.99. The van der Waals surface area contributed by atoms with Gasteiger partial charge >= 0.3 is 5.97 Å². The molecule has 0 aliphatic carbocycles. The Bertz CT molecular complexity index is 1000. The fourth-order valence-electron chi connectivity index (χ4n) is 2.72. The van der Waals surface area contributed by atoms with Crippen LogP contribution < -0.4 is 14.8 Å². The number of methoxy groups -OCH3 is 2. The summed E-state index contributed by atoms with van der Waals surface area (Å²) in [5.74, 6) is 0.0754. The first-order valence-corrected chi connectivity index (χ1v) is 8.14. The van der Waals surface area contributed by atoms with E-state index in [2.05, 4.69) is 10.3 Å². The molecule has 0 unspecified atom stereocenters. The van der Waals surface area contributed by atoms with Gasteiger partial charge in [-0.1, -0.05) is 11.6 Å². The molecule has 0 saturated carbocycles. The van der Waals surface area contributed by atoms with Crippen LogP contribution in [0.5, 0.6) is 11.5 Å². The van der Waals surface area contributed by atoms with Gasteiger partial charge in [-0.3, -0.25) is 4.98 Å². The molecule has 0 radical (unpaired) electrons. The number of aromatic nitrogens is 1. The maximum atomic E-state index is 11.7. The van der Waals surface area contributed by atoms with Crippen molar-refractivity contribution in [2.24, 2.45) is 0 Å². The Morgan fingerprint density at radius 3 is 2.62 bits per heavy atom. The number of nitrogens with one attached hydrogen (secondary N) is 1. The van der Waals surface area contributed by atoms with Gasteiger partial charge in [-0.15, -0.1) is 0 Å². The third-order valence-corrected chi connectivity index (χ3v) is 4.53. The number of pyridine rings is 1. The van der Waals surface area contributed by atoms with Gasteiger partial charge in [-0.2, -0.15) is 0 Å². The van der Waals surface area contributed by atoms with E-state index in [0.29, 0.717) is 38.8 Å². The van der Waals surface area contributed by atoms with Gasteiger partial charge in [0, 0.05) is 22.7 Å². The molecule has 3 aromatic rings. The number of ether oxygens (including phenoxy) is 2. The fraction of sp³-hybridized carbons (Fsp3) is 0.158. The third-order valence-electron chi connectivity index (χ3n) is 4.13. The van der Waals surface area contributed by atoms with Gasteiger partial charge in [0.2, 0.25) is 0 Å². The summed E-state index contributed by atoms with van der Waals surface area (Å²) < 4.78 is 10.6. The van der Waals surface area contributed by atoms with Crippen molar-refractivity contribution < 1.29 is 19.4 Å². The van der Waals surface area contributed by atoms with Crippen LogP contribution >= 0.6 is 11.6 Å². The van der Waals surface area contributed by atoms with E-state index in [1.165, 1.54) is 13.3 Å². The molecule has 0 fully saturated rings. The van der Waals surface area contributed by atoms with E-state index < -0.39 is 5.97 Å². The van der Waals surface area contributed by atoms with Gasteiger partial charge in [0.1, 0.15) is 17.1 Å². The highest BCUT2D eigenvalue weighted by Gasteiger charge is 2.18. The van der Waals surface area contributed by atoms with Crippen LogP contribution in [0.2, 0.25) is 5.02 Å². The van der Waals surface area contributed by atoms with Gasteiger partial charge in [0.15, 0.2) is 0 Å². The highest BCUT2D eigenvalue weighted by Crippen LogP contribution is 2.37. The number of carboxylic acid groups (broad SMARTS) is 1. The van der Waals surface area contributed by atoms with Crippen LogP contribution in [0.3, 0.4) is 0 Å². The van der Waals surface area contributed by atoms with E-state index >= 15 is 0 Å². The van der Waals surface area contributed by atoms with Crippen molar-refractivity contribution in [3.8, 4) is 11.5 Å². The van der Waals surface area contributed by atoms with Crippen molar-refractivity contribution >= 4 is 39.8 Å². The van der Waals surface area contributed by atoms with Crippen molar-refractivity contribution in [1.82, 2.24) is 4.98 Å². The zero-order chi connectivity index (χ0) is 18.8. The standard InChI is InChI=1S/C19H17ClN2O4/c1-10-14(20)6-5-12-17(10)21-9-13(19(23)24)18(12)22-15-7-4-11(25-2)8-16(15)26-3/h4-9H,1-3H3,(H,21,22)(H,23,24). The summed E-state index contributed by atoms with van der Waals surface area (Å²) in [5.41, 5.74) is 2.50. The number of benzene rings is 2. The number of hydrogen-bond acceptors (Lipinski definition) is 5. The molecule has 2 aromatic carbocycles. The van der Waals surface area contributed by atoms with E-state index in [0.717, 1.165) is 5.56 Å². The lowest BCUT2D eigenvalue weighted by molar-refractivity contribution is 0.0697. The van der Waals surface area contributed by atoms with Crippen LogP contribution in [0, 0.1) is 6.92 Å². The SMILES string of the molecule is COc1ccc(Nc2c(C(=O)O)cnc3c(C)c(Cl)ccc23)c(OC)c1. The number of carbonyl (C=O) groups is 1. The van der Waals surface area contributed by atoms with E-state index in [1.54, 1.807) is 37.4 Å². The minimum atomic E-state index is -1.08. The molecule has 3 rings (SSSR count). The Morgan fingerprint density at radius 2 is 1.96 bits per heavy atom. The Labute approximate surface area is 155 Å². The predicted molar refractivity (Wildman–Crippen MR) is 101 cm³/mol. The number of aryl methyl sites for hydroxylation is 1. The average molecular weight is 373 g/mol. The maximum absolute atomic E-state index is 11.7. The van der Waals surface area contributed by atoms with Crippen molar-refractivity contribution in [2.75, 3.05) is 19.5 Å². The molecule has 7 heteroatoms. The molecule has 0 saturated heterocycles. The molecule has 0 atom stereocenters. The fourth-order valence-corrected chi connectivity index (χ4v) is 2.87. The van der Waals surface area contributed by atoms with Crippen molar-refractivity contribution in [3.05, 3.63) is 52.7 Å². The van der Waals surface area contributed by atoms with Crippen LogP contribution in [0.4, 0.5) is 11.4 Å². The number of nitrogens with zero attached hydrogens (tertiary/aromatic N) is 1. The lowest BCUT2D eigenvalue weighted by Crippen LogP contribution is -2.06. The molecule has 26 heavy (non-hydrogen) atoms. The number of fused-ring (bicyclic) bond motifs is 1. The van der Waals surface area contributed by atoms with Crippen LogP contribution in [0.1, 0.15) is 15.9 Å². The van der Waals surface area contributed by atoms with Crippen molar-refractivity contribution in [1.29, 1.82) is 0 Å². The van der Waals surface area contributed by atoms with Crippen LogP contribution in [0.25, 0.3) is 10.9 Å². The average Bonchev–Trinajstić information content (AvgIpc) is 2.65. The predicted octanol–water partition coefficient (Wildman–Crippen LogP) is 4.66. The molecule has 6 nitrogen and oxygen atoms in total. The number of carboxylic acids is 1.